The monoisotopic (exact) mass is 352 g/mol. The van der Waals surface area contributed by atoms with Crippen LogP contribution in [0.3, 0.4) is 0 Å². The molecule has 0 aromatic heterocycles. The van der Waals surface area contributed by atoms with E-state index in [2.05, 4.69) is 6.92 Å². The largest absolute Gasteiger partial charge is 0.340 e. The van der Waals surface area contributed by atoms with Crippen LogP contribution in [-0.4, -0.2) is 49.8 Å². The lowest BCUT2D eigenvalue weighted by molar-refractivity contribution is 0.435. The molecule has 0 saturated carbocycles. The van der Waals surface area contributed by atoms with E-state index in [1.807, 2.05) is 4.90 Å². The zero-order valence-corrected chi connectivity index (χ0v) is 15.2. The summed E-state index contributed by atoms with van der Waals surface area (Å²) in [5.74, 6) is 0.0949. The van der Waals surface area contributed by atoms with Gasteiger partial charge in [0.05, 0.1) is 11.4 Å². The molecule has 1 aliphatic heterocycles. The van der Waals surface area contributed by atoms with Crippen LogP contribution < -0.4 is 5.73 Å². The molecule has 0 unspecified atom stereocenters. The number of nitrogens with two attached hydrogens (primary N) is 1. The lowest BCUT2D eigenvalue weighted by atomic mass is 10.2. The predicted octanol–water partition coefficient (Wildman–Crippen LogP) is 2.01. The van der Waals surface area contributed by atoms with Crippen molar-refractivity contribution in [2.24, 2.45) is 5.73 Å². The molecule has 0 atom stereocenters. The van der Waals surface area contributed by atoms with E-state index < -0.39 is 10.0 Å². The molecule has 2 rings (SSSR count). The van der Waals surface area contributed by atoms with E-state index in [9.17, 15) is 8.42 Å². The summed E-state index contributed by atoms with van der Waals surface area (Å²) in [7, 11) is -3.65. The highest BCUT2D eigenvalue weighted by Crippen LogP contribution is 2.21. The molecule has 0 bridgehead atoms. The van der Waals surface area contributed by atoms with Crippen LogP contribution in [0.5, 0.6) is 0 Å². The summed E-state index contributed by atoms with van der Waals surface area (Å²) in [6.45, 7) is 4.39. The first kappa shape index (κ1) is 18.7. The van der Waals surface area contributed by atoms with Gasteiger partial charge in [0.2, 0.25) is 5.96 Å². The predicted molar refractivity (Wildman–Crippen MR) is 96.5 cm³/mol. The van der Waals surface area contributed by atoms with E-state index in [1.54, 1.807) is 24.3 Å². The van der Waals surface area contributed by atoms with Gasteiger partial charge < -0.3 is 10.6 Å². The van der Waals surface area contributed by atoms with Crippen molar-refractivity contribution in [2.75, 3.05) is 26.2 Å². The molecule has 0 amide bonds. The average molecular weight is 353 g/mol. The Balaban J connectivity index is 2.03. The molecule has 134 valence electrons. The van der Waals surface area contributed by atoms with Crippen LogP contribution in [0.1, 0.15) is 38.2 Å². The highest BCUT2D eigenvalue weighted by molar-refractivity contribution is 7.89. The third kappa shape index (κ3) is 4.27. The van der Waals surface area contributed by atoms with E-state index in [0.29, 0.717) is 19.6 Å². The second-order valence-electron chi connectivity index (χ2n) is 6.13. The van der Waals surface area contributed by atoms with Crippen molar-refractivity contribution >= 4 is 16.0 Å². The number of benzene rings is 1. The molecule has 1 fully saturated rings. The normalized spacial score (nSPS) is 15.3. The van der Waals surface area contributed by atoms with Gasteiger partial charge in [0.25, 0.3) is 10.0 Å². The van der Waals surface area contributed by atoms with Gasteiger partial charge in [0, 0.05) is 13.1 Å². The number of nitrogens with zero attached hydrogens (tertiary/aromatic N) is 2. The van der Waals surface area contributed by atoms with Crippen molar-refractivity contribution in [3.8, 4) is 0 Å². The molecule has 1 aromatic rings. The maximum Gasteiger partial charge on any atom is 0.266 e. The molecular weight excluding hydrogens is 324 g/mol. The van der Waals surface area contributed by atoms with Crippen LogP contribution in [0.4, 0.5) is 0 Å². The Morgan fingerprint density at radius 1 is 1.12 bits per heavy atom. The molecule has 0 aliphatic carbocycles. The maximum absolute atomic E-state index is 12.8. The Hall–Kier alpha value is -1.60. The van der Waals surface area contributed by atoms with Crippen molar-refractivity contribution in [3.63, 3.8) is 0 Å². The fourth-order valence-electron chi connectivity index (χ4n) is 2.88. The number of guanidine groups is 1. The Morgan fingerprint density at radius 3 is 2.46 bits per heavy atom. The Labute approximate surface area is 145 Å². The zero-order chi connectivity index (χ0) is 17.6. The summed E-state index contributed by atoms with van der Waals surface area (Å²) < 4.78 is 26.8. The molecule has 1 aromatic carbocycles. The first-order chi connectivity index (χ1) is 11.5. The van der Waals surface area contributed by atoms with Crippen molar-refractivity contribution in [3.05, 3.63) is 29.8 Å². The van der Waals surface area contributed by atoms with Crippen LogP contribution in [0.2, 0.25) is 0 Å². The highest BCUT2D eigenvalue weighted by atomic mass is 32.2. The van der Waals surface area contributed by atoms with Gasteiger partial charge in [-0.2, -0.15) is 0 Å². The van der Waals surface area contributed by atoms with Gasteiger partial charge in [0.1, 0.15) is 0 Å². The van der Waals surface area contributed by atoms with Crippen LogP contribution in [-0.2, 0) is 16.4 Å². The topological polar surface area (TPSA) is 90.5 Å². The number of rotatable bonds is 9. The molecule has 1 heterocycles. The number of hydrogen-bond acceptors (Lipinski definition) is 4. The summed E-state index contributed by atoms with van der Waals surface area (Å²) in [5.41, 5.74) is 6.54. The molecule has 1 saturated heterocycles. The third-order valence-corrected chi connectivity index (χ3v) is 6.14. The second kappa shape index (κ2) is 8.48. The maximum atomic E-state index is 12.8. The molecule has 0 spiro atoms. The molecule has 24 heavy (non-hydrogen) atoms. The van der Waals surface area contributed by atoms with Gasteiger partial charge in [-0.15, -0.1) is 0 Å². The SMILES string of the molecule is CCCCCCN1CCN(S(=O)(=O)c2ccc(CCN)cc2)C1=N. The fraction of sp³-hybridized carbons (Fsp3) is 0.588. The van der Waals surface area contributed by atoms with Gasteiger partial charge in [-0.1, -0.05) is 38.3 Å². The Kier molecular flexibility index (Phi) is 6.62. The van der Waals surface area contributed by atoms with Gasteiger partial charge >= 0.3 is 0 Å². The molecule has 1 aliphatic rings. The number of hydrogen-bond donors (Lipinski definition) is 2. The number of nitrogens with one attached hydrogen (secondary N) is 1. The highest BCUT2D eigenvalue weighted by Gasteiger charge is 2.34. The van der Waals surface area contributed by atoms with E-state index in [4.69, 9.17) is 11.1 Å². The number of sulfonamides is 1. The minimum atomic E-state index is -3.65. The summed E-state index contributed by atoms with van der Waals surface area (Å²) in [4.78, 5) is 2.09. The lowest BCUT2D eigenvalue weighted by Gasteiger charge is -2.21. The van der Waals surface area contributed by atoms with E-state index in [1.165, 1.54) is 10.7 Å². The van der Waals surface area contributed by atoms with Gasteiger partial charge in [-0.25, -0.2) is 12.7 Å². The van der Waals surface area contributed by atoms with Crippen LogP contribution in [0.25, 0.3) is 0 Å². The summed E-state index contributed by atoms with van der Waals surface area (Å²) in [5, 5.41) is 8.21. The quantitative estimate of drug-likeness (QED) is 0.665. The van der Waals surface area contributed by atoms with Crippen LogP contribution in [0.15, 0.2) is 29.2 Å². The van der Waals surface area contributed by atoms with Gasteiger partial charge in [-0.3, -0.25) is 5.41 Å². The third-order valence-electron chi connectivity index (χ3n) is 4.33. The van der Waals surface area contributed by atoms with Gasteiger partial charge in [-0.05, 0) is 37.1 Å². The van der Waals surface area contributed by atoms with E-state index >= 15 is 0 Å². The van der Waals surface area contributed by atoms with Crippen molar-refractivity contribution in [1.82, 2.24) is 9.21 Å². The zero-order valence-electron chi connectivity index (χ0n) is 14.4. The van der Waals surface area contributed by atoms with Gasteiger partial charge in [0.15, 0.2) is 0 Å². The molecular formula is C17H28N4O2S. The Morgan fingerprint density at radius 2 is 1.83 bits per heavy atom. The number of unbranched alkanes of at least 4 members (excludes halogenated alkanes) is 3. The summed E-state index contributed by atoms with van der Waals surface area (Å²) in [6.07, 6.45) is 5.19. The molecule has 0 radical (unpaired) electrons. The van der Waals surface area contributed by atoms with E-state index in [-0.39, 0.29) is 10.9 Å². The van der Waals surface area contributed by atoms with Crippen molar-refractivity contribution in [1.29, 1.82) is 5.41 Å². The first-order valence-corrected chi connectivity index (χ1v) is 10.1. The second-order valence-corrected chi connectivity index (χ2v) is 7.99. The standard InChI is InChI=1S/C17H28N4O2S/c1-2-3-4-5-12-20-13-14-21(17(20)19)24(22,23)16-8-6-15(7-9-16)10-11-18/h6-9,19H,2-5,10-14,18H2,1H3. The van der Waals surface area contributed by atoms with Crippen LogP contribution in [0, 0.1) is 5.41 Å². The molecule has 3 N–H and O–H groups in total. The Bertz CT molecular complexity index is 643. The van der Waals surface area contributed by atoms with Crippen molar-refractivity contribution < 1.29 is 8.42 Å². The fourth-order valence-corrected chi connectivity index (χ4v) is 4.28. The average Bonchev–Trinajstić information content (AvgIpc) is 2.94. The minimum Gasteiger partial charge on any atom is -0.340 e. The lowest BCUT2D eigenvalue weighted by Crippen LogP contribution is -2.37. The summed E-state index contributed by atoms with van der Waals surface area (Å²) in [6, 6.07) is 6.80. The first-order valence-electron chi connectivity index (χ1n) is 8.66. The molecule has 7 heteroatoms. The smallest absolute Gasteiger partial charge is 0.266 e. The minimum absolute atomic E-state index is 0.0949. The molecule has 6 nitrogen and oxygen atoms in total. The summed E-state index contributed by atoms with van der Waals surface area (Å²) >= 11 is 0. The van der Waals surface area contributed by atoms with E-state index in [0.717, 1.165) is 37.8 Å². The van der Waals surface area contributed by atoms with Crippen molar-refractivity contribution in [2.45, 2.75) is 43.9 Å². The van der Waals surface area contributed by atoms with Crippen LogP contribution >= 0.6 is 0 Å².